The minimum absolute atomic E-state index is 0.150. The molecular weight excluding hydrogens is 420 g/mol. The first kappa shape index (κ1) is 21.7. The summed E-state index contributed by atoms with van der Waals surface area (Å²) in [4.78, 5) is 31.2. The summed E-state index contributed by atoms with van der Waals surface area (Å²) >= 11 is 0. The van der Waals surface area contributed by atoms with Crippen LogP contribution in [0.25, 0.3) is 11.0 Å². The lowest BCUT2D eigenvalue weighted by atomic mass is 9.98. The molecule has 2 aliphatic heterocycles. The monoisotopic (exact) mass is 448 g/mol. The van der Waals surface area contributed by atoms with Crippen LogP contribution >= 0.6 is 0 Å². The summed E-state index contributed by atoms with van der Waals surface area (Å²) in [5.74, 6) is 0.632. The van der Waals surface area contributed by atoms with Crippen LogP contribution in [0.3, 0.4) is 0 Å². The van der Waals surface area contributed by atoms with Gasteiger partial charge in [0.15, 0.2) is 5.43 Å². The minimum Gasteiger partial charge on any atom is -0.494 e. The second kappa shape index (κ2) is 9.37. The molecule has 1 unspecified atom stereocenters. The third-order valence-corrected chi connectivity index (χ3v) is 6.34. The lowest BCUT2D eigenvalue weighted by Crippen LogP contribution is -2.38. The number of carbonyl (C=O) groups is 1. The van der Waals surface area contributed by atoms with E-state index in [0.717, 1.165) is 44.8 Å². The Balaban J connectivity index is 1.53. The molecule has 0 N–H and O–H groups in total. The van der Waals surface area contributed by atoms with Gasteiger partial charge in [-0.15, -0.1) is 0 Å². The largest absolute Gasteiger partial charge is 0.494 e. The number of carbonyl (C=O) groups excluding carboxylic acids is 1. The second-order valence-corrected chi connectivity index (χ2v) is 8.38. The Morgan fingerprint density at radius 1 is 1.03 bits per heavy atom. The second-order valence-electron chi connectivity index (χ2n) is 8.38. The van der Waals surface area contributed by atoms with Crippen LogP contribution in [0.5, 0.6) is 5.75 Å². The number of ether oxygens (including phenoxy) is 2. The molecule has 1 amide bonds. The van der Waals surface area contributed by atoms with Gasteiger partial charge in [0.1, 0.15) is 11.3 Å². The zero-order valence-electron chi connectivity index (χ0n) is 18.8. The lowest BCUT2D eigenvalue weighted by molar-refractivity contribution is 0.0353. The Bertz CT molecular complexity index is 1210. The normalized spacial score (nSPS) is 18.6. The van der Waals surface area contributed by atoms with Crippen molar-refractivity contribution in [3.05, 3.63) is 75.6 Å². The third-order valence-electron chi connectivity index (χ3n) is 6.34. The van der Waals surface area contributed by atoms with Crippen molar-refractivity contribution in [2.75, 3.05) is 46.0 Å². The summed E-state index contributed by atoms with van der Waals surface area (Å²) in [5, 5.41) is 0.491. The summed E-state index contributed by atoms with van der Waals surface area (Å²) in [6, 6.07) is 14.2. The summed E-state index contributed by atoms with van der Waals surface area (Å²) in [6.07, 6.45) is 0.801. The Labute approximate surface area is 192 Å². The van der Waals surface area contributed by atoms with Crippen molar-refractivity contribution in [3.8, 4) is 5.75 Å². The smallest absolute Gasteiger partial charge is 0.290 e. The number of amides is 1. The number of benzene rings is 2. The fourth-order valence-electron chi connectivity index (χ4n) is 4.77. The van der Waals surface area contributed by atoms with Gasteiger partial charge < -0.3 is 18.8 Å². The average molecular weight is 449 g/mol. The standard InChI is InChI=1S/C26H28N2O5/c1-2-32-19-8-5-7-18(17-19)23-22-24(29)20-9-3-4-10-21(20)33-25(22)26(30)28(23)12-6-11-27-13-15-31-16-14-27/h3-5,7-10,17,23H,2,6,11-16H2,1H3. The maximum atomic E-state index is 13.5. The molecule has 33 heavy (non-hydrogen) atoms. The highest BCUT2D eigenvalue weighted by molar-refractivity contribution is 5.99. The molecule has 0 saturated carbocycles. The molecule has 1 atom stereocenters. The van der Waals surface area contributed by atoms with Crippen molar-refractivity contribution in [1.82, 2.24) is 9.80 Å². The molecule has 3 aromatic rings. The molecule has 1 aromatic heterocycles. The highest BCUT2D eigenvalue weighted by atomic mass is 16.5. The van der Waals surface area contributed by atoms with Gasteiger partial charge in [0, 0.05) is 26.2 Å². The number of fused-ring (bicyclic) bond motifs is 2. The topological polar surface area (TPSA) is 72.2 Å². The summed E-state index contributed by atoms with van der Waals surface area (Å²) < 4.78 is 17.1. The number of hydrogen-bond donors (Lipinski definition) is 0. The van der Waals surface area contributed by atoms with E-state index in [2.05, 4.69) is 4.90 Å². The highest BCUT2D eigenvalue weighted by Gasteiger charge is 2.42. The van der Waals surface area contributed by atoms with E-state index < -0.39 is 6.04 Å². The third kappa shape index (κ3) is 4.14. The van der Waals surface area contributed by atoms with Gasteiger partial charge in [0.25, 0.3) is 5.91 Å². The summed E-state index contributed by atoms with van der Waals surface area (Å²) in [5.41, 5.74) is 1.55. The van der Waals surface area contributed by atoms with Crippen molar-refractivity contribution in [1.29, 1.82) is 0 Å². The maximum absolute atomic E-state index is 13.5. The van der Waals surface area contributed by atoms with Gasteiger partial charge in [-0.2, -0.15) is 0 Å². The van der Waals surface area contributed by atoms with E-state index in [-0.39, 0.29) is 17.1 Å². The van der Waals surface area contributed by atoms with Crippen LogP contribution < -0.4 is 10.2 Å². The highest BCUT2D eigenvalue weighted by Crippen LogP contribution is 2.39. The van der Waals surface area contributed by atoms with Gasteiger partial charge in [0.05, 0.1) is 36.8 Å². The summed E-state index contributed by atoms with van der Waals surface area (Å²) in [7, 11) is 0. The zero-order valence-corrected chi connectivity index (χ0v) is 18.8. The molecule has 0 aliphatic carbocycles. The van der Waals surface area contributed by atoms with Gasteiger partial charge in [-0.25, -0.2) is 0 Å². The molecule has 1 fully saturated rings. The van der Waals surface area contributed by atoms with E-state index in [1.807, 2.05) is 37.3 Å². The van der Waals surface area contributed by atoms with Gasteiger partial charge in [-0.05, 0) is 43.2 Å². The van der Waals surface area contributed by atoms with Crippen LogP contribution in [0.4, 0.5) is 0 Å². The zero-order chi connectivity index (χ0) is 22.8. The fraction of sp³-hybridized carbons (Fsp3) is 0.385. The van der Waals surface area contributed by atoms with E-state index in [4.69, 9.17) is 13.9 Å². The molecule has 2 aromatic carbocycles. The van der Waals surface area contributed by atoms with E-state index in [0.29, 0.717) is 35.4 Å². The predicted octanol–water partition coefficient (Wildman–Crippen LogP) is 3.46. The van der Waals surface area contributed by atoms with Crippen molar-refractivity contribution >= 4 is 16.9 Å². The van der Waals surface area contributed by atoms with Crippen LogP contribution in [-0.2, 0) is 4.74 Å². The first-order valence-corrected chi connectivity index (χ1v) is 11.6. The van der Waals surface area contributed by atoms with Crippen molar-refractivity contribution in [3.63, 3.8) is 0 Å². The van der Waals surface area contributed by atoms with E-state index >= 15 is 0 Å². The number of hydrogen-bond acceptors (Lipinski definition) is 6. The molecule has 7 heteroatoms. The van der Waals surface area contributed by atoms with Crippen LogP contribution in [0.1, 0.15) is 41.1 Å². The molecule has 1 saturated heterocycles. The van der Waals surface area contributed by atoms with Crippen LogP contribution in [-0.4, -0.2) is 61.7 Å². The van der Waals surface area contributed by atoms with Gasteiger partial charge in [-0.1, -0.05) is 24.3 Å². The predicted molar refractivity (Wildman–Crippen MR) is 125 cm³/mol. The molecule has 2 aliphatic rings. The van der Waals surface area contributed by atoms with Crippen LogP contribution in [0, 0.1) is 0 Å². The Kier molecular flexibility index (Phi) is 6.15. The Morgan fingerprint density at radius 3 is 2.67 bits per heavy atom. The first-order chi connectivity index (χ1) is 16.2. The van der Waals surface area contributed by atoms with Gasteiger partial charge >= 0.3 is 0 Å². The molecule has 172 valence electrons. The molecule has 3 heterocycles. The van der Waals surface area contributed by atoms with Crippen LogP contribution in [0.2, 0.25) is 0 Å². The van der Waals surface area contributed by atoms with E-state index in [9.17, 15) is 9.59 Å². The van der Waals surface area contributed by atoms with Crippen molar-refractivity contribution in [2.24, 2.45) is 0 Å². The number of nitrogens with zero attached hydrogens (tertiary/aromatic N) is 2. The SMILES string of the molecule is CCOc1cccc(C2c3c(oc4ccccc4c3=O)C(=O)N2CCCN2CCOCC2)c1. The molecule has 5 rings (SSSR count). The molecule has 7 nitrogen and oxygen atoms in total. The lowest BCUT2D eigenvalue weighted by Gasteiger charge is -2.29. The Hall–Kier alpha value is -3.16. The van der Waals surface area contributed by atoms with Crippen LogP contribution in [0.15, 0.2) is 57.7 Å². The van der Waals surface area contributed by atoms with Crippen molar-refractivity contribution < 1.29 is 18.7 Å². The number of rotatable bonds is 7. The summed E-state index contributed by atoms with van der Waals surface area (Å²) in [6.45, 7) is 7.16. The van der Waals surface area contributed by atoms with E-state index in [1.54, 1.807) is 23.1 Å². The number of morpholine rings is 1. The van der Waals surface area contributed by atoms with Gasteiger partial charge in [-0.3, -0.25) is 14.5 Å². The molecule has 0 radical (unpaired) electrons. The van der Waals surface area contributed by atoms with E-state index in [1.165, 1.54) is 0 Å². The van der Waals surface area contributed by atoms with Gasteiger partial charge in [0.2, 0.25) is 5.76 Å². The first-order valence-electron chi connectivity index (χ1n) is 11.6. The average Bonchev–Trinajstić information content (AvgIpc) is 3.12. The Morgan fingerprint density at radius 2 is 1.85 bits per heavy atom. The quantitative estimate of drug-likeness (QED) is 0.551. The molecule has 0 bridgehead atoms. The van der Waals surface area contributed by atoms with Crippen molar-refractivity contribution in [2.45, 2.75) is 19.4 Å². The minimum atomic E-state index is -0.501. The fourth-order valence-corrected chi connectivity index (χ4v) is 4.77. The molecule has 0 spiro atoms. The maximum Gasteiger partial charge on any atom is 0.290 e. The molecular formula is C26H28N2O5. The number of para-hydroxylation sites is 1.